The number of hydrogen-bond donors (Lipinski definition) is 2. The van der Waals surface area contributed by atoms with E-state index in [4.69, 9.17) is 4.74 Å². The van der Waals surface area contributed by atoms with Gasteiger partial charge in [-0.25, -0.2) is 0 Å². The number of carbonyl (C=O) groups is 1. The molecular weight excluding hydrogens is 184 g/mol. The quantitative estimate of drug-likeness (QED) is 0.714. The van der Waals surface area contributed by atoms with Crippen LogP contribution in [0.3, 0.4) is 0 Å². The molecule has 4 heteroatoms. The molecule has 0 aromatic carbocycles. The molecule has 1 saturated heterocycles. The maximum atomic E-state index is 11.2. The number of carboxylic acids is 1. The lowest BCUT2D eigenvalue weighted by molar-refractivity contribution is -0.171. The maximum absolute atomic E-state index is 11.2. The molecule has 0 bridgehead atoms. The largest absolute Gasteiger partial charge is 0.481 e. The summed E-state index contributed by atoms with van der Waals surface area (Å²) < 4.78 is 5.05. The van der Waals surface area contributed by atoms with Crippen LogP contribution in [-0.2, 0) is 9.53 Å². The molecule has 1 rings (SSSR count). The summed E-state index contributed by atoms with van der Waals surface area (Å²) in [5.41, 5.74) is -0.964. The number of carboxylic acid groups (broad SMARTS) is 1. The molecule has 4 nitrogen and oxygen atoms in total. The van der Waals surface area contributed by atoms with Crippen molar-refractivity contribution in [1.82, 2.24) is 0 Å². The van der Waals surface area contributed by atoms with E-state index in [-0.39, 0.29) is 6.61 Å². The topological polar surface area (TPSA) is 66.8 Å². The minimum atomic E-state index is -0.964. The highest BCUT2D eigenvalue weighted by Crippen LogP contribution is 2.36. The first-order valence-electron chi connectivity index (χ1n) is 5.12. The van der Waals surface area contributed by atoms with Crippen molar-refractivity contribution in [3.8, 4) is 0 Å². The third-order valence-electron chi connectivity index (χ3n) is 3.01. The number of rotatable bonds is 4. The Kier molecular flexibility index (Phi) is 3.89. The highest BCUT2D eigenvalue weighted by Gasteiger charge is 2.46. The molecule has 1 aliphatic heterocycles. The first kappa shape index (κ1) is 11.5. The van der Waals surface area contributed by atoms with Gasteiger partial charge in [0.05, 0.1) is 18.1 Å². The predicted octanol–water partition coefficient (Wildman–Crippen LogP) is 1.03. The normalized spacial score (nSPS) is 32.9. The summed E-state index contributed by atoms with van der Waals surface area (Å²) in [7, 11) is 0. The first-order valence-corrected chi connectivity index (χ1v) is 5.12. The van der Waals surface area contributed by atoms with Crippen LogP contribution < -0.4 is 0 Å². The van der Waals surface area contributed by atoms with E-state index in [2.05, 4.69) is 0 Å². The van der Waals surface area contributed by atoms with Crippen molar-refractivity contribution >= 4 is 5.97 Å². The Morgan fingerprint density at radius 1 is 1.64 bits per heavy atom. The molecule has 2 atom stereocenters. The van der Waals surface area contributed by atoms with Crippen molar-refractivity contribution in [2.75, 3.05) is 13.2 Å². The van der Waals surface area contributed by atoms with Crippen molar-refractivity contribution in [3.05, 3.63) is 0 Å². The summed E-state index contributed by atoms with van der Waals surface area (Å²) in [5.74, 6) is -0.887. The van der Waals surface area contributed by atoms with E-state index in [1.165, 1.54) is 0 Å². The summed E-state index contributed by atoms with van der Waals surface area (Å²) in [6, 6.07) is 0. The van der Waals surface area contributed by atoms with Crippen LogP contribution in [0.25, 0.3) is 0 Å². The molecule has 0 aromatic rings. The predicted molar refractivity (Wildman–Crippen MR) is 51.0 cm³/mol. The number of hydrogen-bond acceptors (Lipinski definition) is 3. The minimum Gasteiger partial charge on any atom is -0.481 e. The van der Waals surface area contributed by atoms with Gasteiger partial charge in [-0.1, -0.05) is 19.8 Å². The Morgan fingerprint density at radius 3 is 2.86 bits per heavy atom. The van der Waals surface area contributed by atoms with E-state index in [9.17, 15) is 15.0 Å². The molecule has 1 aliphatic rings. The minimum absolute atomic E-state index is 0.149. The Morgan fingerprint density at radius 2 is 2.36 bits per heavy atom. The molecule has 0 amide bonds. The van der Waals surface area contributed by atoms with Gasteiger partial charge in [0.2, 0.25) is 0 Å². The molecule has 1 heterocycles. The van der Waals surface area contributed by atoms with Gasteiger partial charge in [-0.2, -0.15) is 0 Å². The molecule has 0 radical (unpaired) electrons. The average molecular weight is 202 g/mol. The highest BCUT2D eigenvalue weighted by atomic mass is 16.5. The van der Waals surface area contributed by atoms with Gasteiger partial charge in [0.25, 0.3) is 0 Å². The van der Waals surface area contributed by atoms with E-state index < -0.39 is 17.5 Å². The molecule has 14 heavy (non-hydrogen) atoms. The fourth-order valence-electron chi connectivity index (χ4n) is 1.92. The van der Waals surface area contributed by atoms with Crippen LogP contribution in [0.5, 0.6) is 0 Å². The van der Waals surface area contributed by atoms with E-state index in [1.54, 1.807) is 0 Å². The molecule has 0 aromatic heterocycles. The van der Waals surface area contributed by atoms with E-state index >= 15 is 0 Å². The first-order chi connectivity index (χ1) is 6.63. The molecule has 82 valence electrons. The van der Waals surface area contributed by atoms with Gasteiger partial charge in [0.1, 0.15) is 0 Å². The summed E-state index contributed by atoms with van der Waals surface area (Å²) in [6.45, 7) is 2.60. The lowest BCUT2D eigenvalue weighted by Crippen LogP contribution is -2.49. The molecule has 0 spiro atoms. The molecule has 2 unspecified atom stereocenters. The lowest BCUT2D eigenvalue weighted by Gasteiger charge is -2.37. The molecule has 1 fully saturated rings. The van der Waals surface area contributed by atoms with Gasteiger partial charge in [0.15, 0.2) is 0 Å². The van der Waals surface area contributed by atoms with E-state index in [0.29, 0.717) is 19.4 Å². The van der Waals surface area contributed by atoms with Crippen molar-refractivity contribution in [3.63, 3.8) is 0 Å². The zero-order chi connectivity index (χ0) is 10.6. The summed E-state index contributed by atoms with van der Waals surface area (Å²) >= 11 is 0. The third-order valence-corrected chi connectivity index (χ3v) is 3.01. The van der Waals surface area contributed by atoms with Crippen LogP contribution in [0, 0.1) is 5.41 Å². The van der Waals surface area contributed by atoms with E-state index in [1.807, 2.05) is 6.92 Å². The van der Waals surface area contributed by atoms with Gasteiger partial charge in [-0.05, 0) is 12.8 Å². The monoisotopic (exact) mass is 202 g/mol. The van der Waals surface area contributed by atoms with Crippen molar-refractivity contribution in [2.24, 2.45) is 5.41 Å². The zero-order valence-corrected chi connectivity index (χ0v) is 8.53. The molecule has 0 saturated carbocycles. The van der Waals surface area contributed by atoms with Crippen molar-refractivity contribution < 1.29 is 19.7 Å². The second-order valence-electron chi connectivity index (χ2n) is 3.91. The molecule has 2 N–H and O–H groups in total. The second-order valence-corrected chi connectivity index (χ2v) is 3.91. The molecule has 0 aliphatic carbocycles. The van der Waals surface area contributed by atoms with Gasteiger partial charge < -0.3 is 14.9 Å². The van der Waals surface area contributed by atoms with Gasteiger partial charge in [0, 0.05) is 6.61 Å². The smallest absolute Gasteiger partial charge is 0.312 e. The van der Waals surface area contributed by atoms with Crippen LogP contribution in [0.2, 0.25) is 0 Å². The van der Waals surface area contributed by atoms with Gasteiger partial charge in [-0.3, -0.25) is 4.79 Å². The number of aliphatic carboxylic acids is 1. The number of ether oxygens (including phenoxy) is 1. The van der Waals surface area contributed by atoms with Crippen LogP contribution in [0.15, 0.2) is 0 Å². The van der Waals surface area contributed by atoms with Crippen LogP contribution in [-0.4, -0.2) is 35.5 Å². The van der Waals surface area contributed by atoms with Crippen LogP contribution in [0.1, 0.15) is 32.6 Å². The number of unbranched alkanes of at least 4 members (excludes halogenated alkanes) is 1. The third kappa shape index (κ3) is 2.07. The van der Waals surface area contributed by atoms with Crippen LogP contribution >= 0.6 is 0 Å². The average Bonchev–Trinajstić information content (AvgIpc) is 2.16. The highest BCUT2D eigenvalue weighted by molar-refractivity contribution is 5.75. The lowest BCUT2D eigenvalue weighted by atomic mass is 9.74. The summed E-state index contributed by atoms with van der Waals surface area (Å²) in [4.78, 5) is 11.2. The Labute approximate surface area is 83.9 Å². The summed E-state index contributed by atoms with van der Waals surface area (Å²) in [6.07, 6.45) is 1.89. The summed E-state index contributed by atoms with van der Waals surface area (Å²) in [5, 5.41) is 18.9. The Bertz CT molecular complexity index is 204. The van der Waals surface area contributed by atoms with Crippen LogP contribution in [0.4, 0.5) is 0 Å². The maximum Gasteiger partial charge on any atom is 0.312 e. The zero-order valence-electron chi connectivity index (χ0n) is 8.53. The van der Waals surface area contributed by atoms with E-state index in [0.717, 1.165) is 12.8 Å². The Hall–Kier alpha value is -0.610. The van der Waals surface area contributed by atoms with Crippen molar-refractivity contribution in [1.29, 1.82) is 0 Å². The molecular formula is C10H18O4. The van der Waals surface area contributed by atoms with Gasteiger partial charge >= 0.3 is 5.97 Å². The number of aliphatic hydroxyl groups excluding tert-OH is 1. The second kappa shape index (κ2) is 4.75. The number of aliphatic hydroxyl groups is 1. The standard InChI is InChI=1S/C10H18O4/c1-2-3-4-10(9(12)13)5-6-14-7-8(10)11/h8,11H,2-7H2,1H3,(H,12,13). The SMILES string of the molecule is CCCCC1(C(=O)O)CCOCC1O. The fourth-order valence-corrected chi connectivity index (χ4v) is 1.92. The Balaban J connectivity index is 2.72. The fraction of sp³-hybridized carbons (Fsp3) is 0.900. The van der Waals surface area contributed by atoms with Crippen molar-refractivity contribution in [2.45, 2.75) is 38.7 Å². The van der Waals surface area contributed by atoms with Gasteiger partial charge in [-0.15, -0.1) is 0 Å².